The number of likely N-dealkylation sites (tertiary alicyclic amines) is 1. The molecule has 0 bridgehead atoms. The number of hydrogen-bond donors (Lipinski definition) is 0. The van der Waals surface area contributed by atoms with E-state index in [9.17, 15) is 10.1 Å². The van der Waals surface area contributed by atoms with Gasteiger partial charge in [-0.15, -0.1) is 0 Å². The van der Waals surface area contributed by atoms with Crippen LogP contribution in [0, 0.1) is 23.0 Å². The molecule has 1 aromatic rings. The van der Waals surface area contributed by atoms with Gasteiger partial charge in [0.25, 0.3) is 5.69 Å². The number of hydrogen-bond acceptors (Lipinski definition) is 4. The summed E-state index contributed by atoms with van der Waals surface area (Å²) in [4.78, 5) is 15.9. The quantitative estimate of drug-likeness (QED) is 0.620. The first-order valence-corrected chi connectivity index (χ1v) is 7.76. The number of fused-ring (bicyclic) bond motifs is 1. The zero-order valence-electron chi connectivity index (χ0n) is 12.8. The second-order valence-corrected chi connectivity index (χ2v) is 6.46. The smallest absolute Gasteiger partial charge is 0.292 e. The molecule has 0 saturated carbocycles. The summed E-state index contributed by atoms with van der Waals surface area (Å²) in [6.45, 7) is 5.04. The van der Waals surface area contributed by atoms with Crippen molar-refractivity contribution >= 4 is 11.4 Å². The third kappa shape index (κ3) is 2.75. The Morgan fingerprint density at radius 3 is 2.86 bits per heavy atom. The van der Waals surface area contributed by atoms with Gasteiger partial charge in [-0.2, -0.15) is 0 Å². The van der Waals surface area contributed by atoms with E-state index in [1.54, 1.807) is 6.07 Å². The van der Waals surface area contributed by atoms with E-state index < -0.39 is 0 Å². The third-order valence-corrected chi connectivity index (χ3v) is 4.91. The molecular weight excluding hydrogens is 266 g/mol. The van der Waals surface area contributed by atoms with Gasteiger partial charge in [-0.05, 0) is 57.3 Å². The lowest BCUT2D eigenvalue weighted by molar-refractivity contribution is -0.384. The minimum atomic E-state index is -0.235. The molecule has 2 fully saturated rings. The van der Waals surface area contributed by atoms with Gasteiger partial charge in [-0.3, -0.25) is 10.1 Å². The second-order valence-electron chi connectivity index (χ2n) is 6.46. The maximum absolute atomic E-state index is 11.4. The molecule has 0 N–H and O–H groups in total. The topological polar surface area (TPSA) is 49.6 Å². The monoisotopic (exact) mass is 289 g/mol. The molecule has 0 aromatic heterocycles. The summed E-state index contributed by atoms with van der Waals surface area (Å²) in [7, 11) is 2.17. The predicted molar refractivity (Wildman–Crippen MR) is 83.8 cm³/mol. The van der Waals surface area contributed by atoms with Gasteiger partial charge in [0.2, 0.25) is 0 Å². The fourth-order valence-corrected chi connectivity index (χ4v) is 3.91. The Balaban J connectivity index is 1.94. The summed E-state index contributed by atoms with van der Waals surface area (Å²) < 4.78 is 0. The van der Waals surface area contributed by atoms with Crippen molar-refractivity contribution in [1.29, 1.82) is 0 Å². The lowest BCUT2D eigenvalue weighted by Gasteiger charge is -2.47. The Morgan fingerprint density at radius 1 is 1.29 bits per heavy atom. The van der Waals surface area contributed by atoms with E-state index >= 15 is 0 Å². The van der Waals surface area contributed by atoms with E-state index in [4.69, 9.17) is 0 Å². The zero-order chi connectivity index (χ0) is 15.0. The number of nitro benzene ring substituents is 1. The normalized spacial score (nSPS) is 26.5. The molecule has 0 spiro atoms. The Morgan fingerprint density at radius 2 is 2.10 bits per heavy atom. The van der Waals surface area contributed by atoms with Crippen molar-refractivity contribution in [3.8, 4) is 0 Å². The van der Waals surface area contributed by atoms with Gasteiger partial charge >= 0.3 is 0 Å². The second kappa shape index (κ2) is 5.64. The largest absolute Gasteiger partial charge is 0.363 e. The van der Waals surface area contributed by atoms with Crippen LogP contribution < -0.4 is 4.90 Å². The number of nitrogens with zero attached hydrogens (tertiary/aromatic N) is 3. The third-order valence-electron chi connectivity index (χ3n) is 4.91. The molecule has 2 aliphatic heterocycles. The van der Waals surface area contributed by atoms with E-state index in [1.807, 2.05) is 19.1 Å². The van der Waals surface area contributed by atoms with Gasteiger partial charge < -0.3 is 9.80 Å². The van der Waals surface area contributed by atoms with Gasteiger partial charge in [0.1, 0.15) is 5.69 Å². The van der Waals surface area contributed by atoms with Crippen molar-refractivity contribution in [2.24, 2.45) is 5.92 Å². The van der Waals surface area contributed by atoms with Crippen LogP contribution in [-0.2, 0) is 0 Å². The molecule has 2 aliphatic rings. The van der Waals surface area contributed by atoms with Gasteiger partial charge in [0, 0.05) is 25.2 Å². The number of aryl methyl sites for hydroxylation is 1. The Kier molecular flexibility index (Phi) is 3.85. The SMILES string of the molecule is Cc1ccc(N2CCCC3CN(C)CCC32)c([N+](=O)[O-])c1. The molecule has 2 saturated heterocycles. The minimum Gasteiger partial charge on any atom is -0.363 e. The van der Waals surface area contributed by atoms with Crippen LogP contribution in [0.3, 0.4) is 0 Å². The van der Waals surface area contributed by atoms with Crippen LogP contribution in [0.1, 0.15) is 24.8 Å². The lowest BCUT2D eigenvalue weighted by Crippen LogP contribution is -2.53. The lowest BCUT2D eigenvalue weighted by atomic mass is 9.83. The van der Waals surface area contributed by atoms with Gasteiger partial charge in [0.15, 0.2) is 0 Å². The van der Waals surface area contributed by atoms with E-state index in [2.05, 4.69) is 16.8 Å². The summed E-state index contributed by atoms with van der Waals surface area (Å²) in [5.74, 6) is 0.637. The van der Waals surface area contributed by atoms with Gasteiger partial charge in [-0.1, -0.05) is 6.07 Å². The van der Waals surface area contributed by atoms with E-state index in [-0.39, 0.29) is 10.6 Å². The van der Waals surface area contributed by atoms with E-state index in [1.165, 1.54) is 6.42 Å². The average Bonchev–Trinajstić information content (AvgIpc) is 2.46. The first-order valence-electron chi connectivity index (χ1n) is 7.76. The van der Waals surface area contributed by atoms with E-state index in [0.717, 1.165) is 43.7 Å². The highest BCUT2D eigenvalue weighted by Crippen LogP contribution is 2.38. The fraction of sp³-hybridized carbons (Fsp3) is 0.625. The molecule has 5 heteroatoms. The van der Waals surface area contributed by atoms with Crippen molar-refractivity contribution < 1.29 is 4.92 Å². The summed E-state index contributed by atoms with van der Waals surface area (Å²) in [5.41, 5.74) is 2.02. The average molecular weight is 289 g/mol. The summed E-state index contributed by atoms with van der Waals surface area (Å²) >= 11 is 0. The molecule has 5 nitrogen and oxygen atoms in total. The minimum absolute atomic E-state index is 0.235. The first kappa shape index (κ1) is 14.3. The van der Waals surface area contributed by atoms with Crippen molar-refractivity contribution in [3.63, 3.8) is 0 Å². The zero-order valence-corrected chi connectivity index (χ0v) is 12.8. The van der Waals surface area contributed by atoms with Gasteiger partial charge in [0.05, 0.1) is 4.92 Å². The van der Waals surface area contributed by atoms with Crippen LogP contribution in [0.15, 0.2) is 18.2 Å². The molecule has 0 amide bonds. The van der Waals surface area contributed by atoms with Crippen LogP contribution in [0.2, 0.25) is 0 Å². The highest BCUT2D eigenvalue weighted by atomic mass is 16.6. The van der Waals surface area contributed by atoms with Gasteiger partial charge in [-0.25, -0.2) is 0 Å². The summed E-state index contributed by atoms with van der Waals surface area (Å²) in [5, 5.41) is 11.4. The number of anilines is 1. The summed E-state index contributed by atoms with van der Waals surface area (Å²) in [6, 6.07) is 6.08. The molecule has 114 valence electrons. The number of benzene rings is 1. The van der Waals surface area contributed by atoms with Crippen molar-refractivity contribution in [2.45, 2.75) is 32.2 Å². The molecular formula is C16H23N3O2. The van der Waals surface area contributed by atoms with Crippen molar-refractivity contribution in [1.82, 2.24) is 4.90 Å². The highest BCUT2D eigenvalue weighted by Gasteiger charge is 2.37. The number of piperidine rings is 2. The van der Waals surface area contributed by atoms with Crippen molar-refractivity contribution in [3.05, 3.63) is 33.9 Å². The number of nitro groups is 1. The Labute approximate surface area is 125 Å². The van der Waals surface area contributed by atoms with Crippen LogP contribution in [0.25, 0.3) is 0 Å². The Bertz CT molecular complexity index is 546. The van der Waals surface area contributed by atoms with Crippen LogP contribution >= 0.6 is 0 Å². The van der Waals surface area contributed by atoms with E-state index in [0.29, 0.717) is 12.0 Å². The maximum Gasteiger partial charge on any atom is 0.292 e. The van der Waals surface area contributed by atoms with Crippen molar-refractivity contribution in [2.75, 3.05) is 31.6 Å². The van der Waals surface area contributed by atoms with Crippen LogP contribution in [-0.4, -0.2) is 42.5 Å². The Hall–Kier alpha value is -1.62. The highest BCUT2D eigenvalue weighted by molar-refractivity contribution is 5.65. The molecule has 2 atom stereocenters. The molecule has 0 radical (unpaired) electrons. The fourth-order valence-electron chi connectivity index (χ4n) is 3.91. The molecule has 2 heterocycles. The molecule has 1 aromatic carbocycles. The standard InChI is InChI=1S/C16H23N3O2/c1-12-5-6-15(16(10-12)19(20)21)18-8-3-4-13-11-17(2)9-7-14(13)18/h5-6,10,13-14H,3-4,7-9,11H2,1-2H3. The first-order chi connectivity index (χ1) is 10.1. The molecule has 21 heavy (non-hydrogen) atoms. The number of rotatable bonds is 2. The summed E-state index contributed by atoms with van der Waals surface area (Å²) in [6.07, 6.45) is 3.47. The predicted octanol–water partition coefficient (Wildman–Crippen LogP) is 2.82. The van der Waals surface area contributed by atoms with Crippen LogP contribution in [0.4, 0.5) is 11.4 Å². The van der Waals surface area contributed by atoms with Crippen LogP contribution in [0.5, 0.6) is 0 Å². The molecule has 3 rings (SSSR count). The maximum atomic E-state index is 11.4. The molecule has 2 unspecified atom stereocenters. The molecule has 0 aliphatic carbocycles.